The lowest BCUT2D eigenvalue weighted by molar-refractivity contribution is -0.0377. The van der Waals surface area contributed by atoms with E-state index in [1.165, 1.54) is 6.07 Å². The number of hydrogen-bond acceptors (Lipinski definition) is 6. The van der Waals surface area contributed by atoms with Crippen LogP contribution in [0.1, 0.15) is 86.6 Å². The number of alkyl halides is 2. The van der Waals surface area contributed by atoms with Crippen LogP contribution in [0.4, 0.5) is 19.1 Å². The maximum atomic E-state index is 14.1. The fourth-order valence-corrected chi connectivity index (χ4v) is 5.90. The molecule has 5 rings (SSSR count). The van der Waals surface area contributed by atoms with Gasteiger partial charge in [-0.25, -0.2) is 23.1 Å². The summed E-state index contributed by atoms with van der Waals surface area (Å²) in [6.07, 6.45) is 8.20. The molecule has 2 heterocycles. The zero-order valence-electron chi connectivity index (χ0n) is 25.1. The molecule has 2 saturated carbocycles. The summed E-state index contributed by atoms with van der Waals surface area (Å²) >= 11 is 0. The average molecular weight is 577 g/mol. The Morgan fingerprint density at radius 3 is 2.39 bits per heavy atom. The zero-order chi connectivity index (χ0) is 29.9. The summed E-state index contributed by atoms with van der Waals surface area (Å²) in [4.78, 5) is 29.3. The lowest BCUT2D eigenvalue weighted by atomic mass is 9.91. The molecule has 41 heavy (non-hydrogen) atoms. The van der Waals surface area contributed by atoms with Crippen molar-refractivity contribution in [3.8, 4) is 11.3 Å². The van der Waals surface area contributed by atoms with E-state index >= 15 is 0 Å². The van der Waals surface area contributed by atoms with Crippen LogP contribution in [-0.4, -0.2) is 56.5 Å². The number of hydrogen-bond donors (Lipinski definition) is 1. The fraction of sp³-hybridized carbons (Fsp3) is 0.613. The Bertz CT molecular complexity index is 1410. The number of benzene rings is 1. The van der Waals surface area contributed by atoms with Gasteiger partial charge >= 0.3 is 0 Å². The number of aromatic nitrogens is 4. The molecule has 2 fully saturated rings. The van der Waals surface area contributed by atoms with E-state index in [1.54, 1.807) is 29.8 Å². The number of fused-ring (bicyclic) bond motifs is 1. The standard InChI is InChI=1S/C24H31FN6O.C7H12F2.2H2/c1-14(2)31-22-20(28-21(23(31)32)16-7-6-15(3)19(25)12-16)13-26-24(29-22)27-17-8-10-18(11-9-17)30(4)5;1-2-6-4-3-5-7(6,8)9;;/h6-7,12-14,17-18H,8-11H2,1-5H3,(H,26,27,29);6H,2-5H2,1H3;2*1H. The second kappa shape index (κ2) is 12.9. The van der Waals surface area contributed by atoms with Crippen LogP contribution in [0.3, 0.4) is 0 Å². The summed E-state index contributed by atoms with van der Waals surface area (Å²) in [5.74, 6) is -2.51. The molecular weight excluding hydrogens is 529 g/mol. The van der Waals surface area contributed by atoms with Crippen molar-refractivity contribution in [3.05, 3.63) is 46.1 Å². The molecule has 0 spiro atoms. The Morgan fingerprint density at radius 2 is 1.85 bits per heavy atom. The van der Waals surface area contributed by atoms with Gasteiger partial charge in [-0.3, -0.25) is 9.36 Å². The van der Waals surface area contributed by atoms with Gasteiger partial charge in [0, 0.05) is 38.9 Å². The van der Waals surface area contributed by atoms with E-state index in [0.29, 0.717) is 53.2 Å². The molecule has 0 saturated heterocycles. The Kier molecular flexibility index (Phi) is 9.72. The normalized spacial score (nSPS) is 22.2. The third-order valence-electron chi connectivity index (χ3n) is 8.51. The van der Waals surface area contributed by atoms with Gasteiger partial charge in [0.15, 0.2) is 5.65 Å². The number of nitrogens with one attached hydrogen (secondary N) is 1. The van der Waals surface area contributed by atoms with Crippen molar-refractivity contribution >= 4 is 17.1 Å². The van der Waals surface area contributed by atoms with Gasteiger partial charge in [-0.2, -0.15) is 4.98 Å². The predicted molar refractivity (Wildman–Crippen MR) is 162 cm³/mol. The minimum atomic E-state index is -2.34. The van der Waals surface area contributed by atoms with Crippen molar-refractivity contribution in [1.82, 2.24) is 24.4 Å². The monoisotopic (exact) mass is 576 g/mol. The minimum Gasteiger partial charge on any atom is -0.351 e. The summed E-state index contributed by atoms with van der Waals surface area (Å²) in [6, 6.07) is 5.53. The first-order chi connectivity index (χ1) is 19.4. The number of nitrogens with zero attached hydrogens (tertiary/aromatic N) is 5. The number of anilines is 1. The Balaban J connectivity index is 0.000000505. The molecule has 1 unspecified atom stereocenters. The van der Waals surface area contributed by atoms with Gasteiger partial charge in [0.25, 0.3) is 11.5 Å². The van der Waals surface area contributed by atoms with Gasteiger partial charge in [0.05, 0.1) is 6.20 Å². The van der Waals surface area contributed by atoms with E-state index in [-0.39, 0.29) is 38.3 Å². The van der Waals surface area contributed by atoms with Crippen LogP contribution >= 0.6 is 0 Å². The second-order valence-electron chi connectivity index (χ2n) is 12.0. The number of rotatable bonds is 6. The van der Waals surface area contributed by atoms with Crippen LogP contribution in [0.5, 0.6) is 0 Å². The quantitative estimate of drug-likeness (QED) is 0.328. The molecular formula is C31H47F3N6O. The summed E-state index contributed by atoms with van der Waals surface area (Å²) in [7, 11) is 4.25. The van der Waals surface area contributed by atoms with Crippen LogP contribution in [0.15, 0.2) is 29.2 Å². The van der Waals surface area contributed by atoms with E-state index in [2.05, 4.69) is 39.3 Å². The van der Waals surface area contributed by atoms with Crippen LogP contribution in [0.2, 0.25) is 0 Å². The topological polar surface area (TPSA) is 75.9 Å². The van der Waals surface area contributed by atoms with Gasteiger partial charge in [-0.1, -0.05) is 19.1 Å². The van der Waals surface area contributed by atoms with E-state index in [0.717, 1.165) is 32.1 Å². The molecule has 3 aromatic rings. The molecule has 0 bridgehead atoms. The Morgan fingerprint density at radius 1 is 1.15 bits per heavy atom. The molecule has 1 atom stereocenters. The highest BCUT2D eigenvalue weighted by atomic mass is 19.3. The Hall–Kier alpha value is -3.01. The van der Waals surface area contributed by atoms with Crippen LogP contribution in [-0.2, 0) is 0 Å². The van der Waals surface area contributed by atoms with Crippen LogP contribution in [0.25, 0.3) is 22.4 Å². The minimum absolute atomic E-state index is 0. The highest BCUT2D eigenvalue weighted by molar-refractivity contribution is 5.75. The second-order valence-corrected chi connectivity index (χ2v) is 12.0. The van der Waals surface area contributed by atoms with Crippen LogP contribution < -0.4 is 10.9 Å². The first-order valence-corrected chi connectivity index (χ1v) is 14.8. The number of halogens is 3. The van der Waals surface area contributed by atoms with E-state index in [4.69, 9.17) is 0 Å². The number of aryl methyl sites for hydroxylation is 1. The third kappa shape index (κ3) is 7.08. The molecule has 0 amide bonds. The fourth-order valence-electron chi connectivity index (χ4n) is 5.90. The van der Waals surface area contributed by atoms with E-state index < -0.39 is 5.92 Å². The van der Waals surface area contributed by atoms with Gasteiger partial charge < -0.3 is 10.2 Å². The molecule has 7 nitrogen and oxygen atoms in total. The first-order valence-electron chi connectivity index (χ1n) is 14.8. The van der Waals surface area contributed by atoms with Crippen LogP contribution in [0, 0.1) is 18.7 Å². The maximum absolute atomic E-state index is 14.1. The molecule has 0 radical (unpaired) electrons. The van der Waals surface area contributed by atoms with Crippen molar-refractivity contribution in [2.45, 2.75) is 103 Å². The molecule has 2 aliphatic rings. The zero-order valence-corrected chi connectivity index (χ0v) is 25.1. The van der Waals surface area contributed by atoms with Crippen molar-refractivity contribution in [2.24, 2.45) is 5.92 Å². The van der Waals surface area contributed by atoms with Crippen molar-refractivity contribution < 1.29 is 16.0 Å². The molecule has 1 aromatic carbocycles. The SMILES string of the molecule is CCC1CCCC1(F)F.Cc1ccc(-c2nc3cnc(NC4CCC(N(C)C)CC4)nc3n(C(C)C)c2=O)cc1F.[HH].[HH]. The largest absolute Gasteiger partial charge is 0.351 e. The van der Waals surface area contributed by atoms with Gasteiger partial charge in [-0.05, 0) is 91.4 Å². The van der Waals surface area contributed by atoms with Gasteiger partial charge in [-0.15, -0.1) is 0 Å². The summed E-state index contributed by atoms with van der Waals surface area (Å²) in [6.45, 7) is 7.38. The molecule has 10 heteroatoms. The molecule has 2 aromatic heterocycles. The molecule has 2 aliphatic carbocycles. The highest BCUT2D eigenvalue weighted by Crippen LogP contribution is 2.41. The molecule has 1 N–H and O–H groups in total. The van der Waals surface area contributed by atoms with Crippen molar-refractivity contribution in [1.29, 1.82) is 0 Å². The lowest BCUT2D eigenvalue weighted by Crippen LogP contribution is -2.36. The molecule has 0 aliphatic heterocycles. The smallest absolute Gasteiger partial charge is 0.278 e. The Labute approximate surface area is 243 Å². The summed E-state index contributed by atoms with van der Waals surface area (Å²) in [5, 5.41) is 3.44. The average Bonchev–Trinajstić information content (AvgIpc) is 3.28. The summed E-state index contributed by atoms with van der Waals surface area (Å²) < 4.78 is 41.0. The highest BCUT2D eigenvalue weighted by Gasteiger charge is 2.42. The first kappa shape index (κ1) is 30.9. The van der Waals surface area contributed by atoms with Gasteiger partial charge in [0.1, 0.15) is 17.0 Å². The summed E-state index contributed by atoms with van der Waals surface area (Å²) in [5.41, 5.74) is 1.90. The van der Waals surface area contributed by atoms with Crippen molar-refractivity contribution in [3.63, 3.8) is 0 Å². The van der Waals surface area contributed by atoms with Gasteiger partial charge in [0.2, 0.25) is 5.95 Å². The van der Waals surface area contributed by atoms with Crippen molar-refractivity contribution in [2.75, 3.05) is 19.4 Å². The van der Waals surface area contributed by atoms with E-state index in [9.17, 15) is 18.0 Å². The molecule has 228 valence electrons. The maximum Gasteiger partial charge on any atom is 0.278 e. The third-order valence-corrected chi connectivity index (χ3v) is 8.51. The lowest BCUT2D eigenvalue weighted by Gasteiger charge is -2.32. The predicted octanol–water partition coefficient (Wildman–Crippen LogP) is 7.49. The van der Waals surface area contributed by atoms with E-state index in [1.807, 2.05) is 20.8 Å².